The number of ketones is 1. The number of hydrogen-bond donors (Lipinski definition) is 0. The van der Waals surface area contributed by atoms with Crippen LogP contribution in [0.15, 0.2) is 36.4 Å². The highest BCUT2D eigenvalue weighted by Crippen LogP contribution is 2.53. The van der Waals surface area contributed by atoms with Crippen molar-refractivity contribution in [1.29, 1.82) is 0 Å². The maximum atomic E-state index is 13.0. The molecule has 2 aliphatic carbocycles. The number of benzene rings is 1. The Morgan fingerprint density at radius 1 is 1.16 bits per heavy atom. The zero-order chi connectivity index (χ0) is 22.4. The number of fused-ring (bicyclic) bond motifs is 5. The summed E-state index contributed by atoms with van der Waals surface area (Å²) in [6, 6.07) is 3.99. The van der Waals surface area contributed by atoms with Crippen molar-refractivity contribution in [3.8, 4) is 0 Å². The zero-order valence-corrected chi connectivity index (χ0v) is 17.1. The van der Waals surface area contributed by atoms with Crippen LogP contribution in [0.1, 0.15) is 30.6 Å². The van der Waals surface area contributed by atoms with Gasteiger partial charge >= 0.3 is 5.97 Å². The van der Waals surface area contributed by atoms with Gasteiger partial charge in [0.05, 0.1) is 16.8 Å². The van der Waals surface area contributed by atoms with Crippen molar-refractivity contribution < 1.29 is 28.8 Å². The van der Waals surface area contributed by atoms with Crippen LogP contribution in [0.25, 0.3) is 0 Å². The van der Waals surface area contributed by atoms with E-state index in [0.29, 0.717) is 0 Å². The highest BCUT2D eigenvalue weighted by atomic mass is 16.6. The first-order valence-electron chi connectivity index (χ1n) is 10.2. The summed E-state index contributed by atoms with van der Waals surface area (Å²) in [6.07, 6.45) is 4.73. The van der Waals surface area contributed by atoms with Crippen LogP contribution < -0.4 is 0 Å². The van der Waals surface area contributed by atoms with Crippen molar-refractivity contribution in [3.63, 3.8) is 0 Å². The van der Waals surface area contributed by atoms with Crippen molar-refractivity contribution in [2.75, 3.05) is 6.61 Å². The molecule has 2 fully saturated rings. The summed E-state index contributed by atoms with van der Waals surface area (Å²) in [6.45, 7) is 2.77. The number of imide groups is 1. The Morgan fingerprint density at radius 3 is 2.32 bits per heavy atom. The van der Waals surface area contributed by atoms with E-state index in [1.54, 1.807) is 13.8 Å². The number of allylic oxidation sites excluding steroid dienone is 2. The standard InChI is InChI=1S/C22H22N2O7/c1-11(2)19(23-20(26)17-13-6-7-14(8-13)18(17)21(23)27)22(28)31-10-16(25)12-4-3-5-15(9-12)24(29)30/h3-7,9,11,13-14,17-19H,8,10H2,1-2H3/t13-,14-,17-,18-,19+/m0/s1. The fourth-order valence-corrected chi connectivity index (χ4v) is 4.97. The summed E-state index contributed by atoms with van der Waals surface area (Å²) < 4.78 is 5.16. The van der Waals surface area contributed by atoms with Crippen LogP contribution in [0.4, 0.5) is 5.69 Å². The number of carbonyl (C=O) groups is 4. The Bertz CT molecular complexity index is 985. The summed E-state index contributed by atoms with van der Waals surface area (Å²) in [5.74, 6) is -3.37. The van der Waals surface area contributed by atoms with Gasteiger partial charge in [-0.05, 0) is 24.2 Å². The van der Waals surface area contributed by atoms with Crippen LogP contribution in [-0.2, 0) is 19.1 Å². The topological polar surface area (TPSA) is 124 Å². The second-order valence-corrected chi connectivity index (χ2v) is 8.57. The van der Waals surface area contributed by atoms with Gasteiger partial charge in [-0.25, -0.2) is 4.79 Å². The number of esters is 1. The number of nitro benzene ring substituents is 1. The largest absolute Gasteiger partial charge is 0.456 e. The third-order valence-corrected chi connectivity index (χ3v) is 6.38. The molecule has 1 saturated carbocycles. The number of likely N-dealkylation sites (tertiary alicyclic amines) is 1. The molecule has 5 atom stereocenters. The molecule has 0 N–H and O–H groups in total. The van der Waals surface area contributed by atoms with E-state index in [0.717, 1.165) is 17.4 Å². The maximum absolute atomic E-state index is 13.0. The van der Waals surface area contributed by atoms with Gasteiger partial charge in [-0.15, -0.1) is 0 Å². The molecule has 1 saturated heterocycles. The molecule has 2 bridgehead atoms. The molecule has 9 heteroatoms. The Morgan fingerprint density at radius 2 is 1.77 bits per heavy atom. The van der Waals surface area contributed by atoms with E-state index >= 15 is 0 Å². The molecule has 0 radical (unpaired) electrons. The lowest BCUT2D eigenvalue weighted by atomic mass is 9.85. The van der Waals surface area contributed by atoms with Gasteiger partial charge in [0.15, 0.2) is 6.61 Å². The van der Waals surface area contributed by atoms with Gasteiger partial charge in [0, 0.05) is 17.7 Å². The molecule has 162 valence electrons. The third kappa shape index (κ3) is 3.43. The smallest absolute Gasteiger partial charge is 0.330 e. The average molecular weight is 426 g/mol. The zero-order valence-electron chi connectivity index (χ0n) is 17.1. The van der Waals surface area contributed by atoms with Gasteiger partial charge < -0.3 is 4.74 Å². The Kier molecular flexibility index (Phi) is 5.20. The molecule has 2 amide bonds. The van der Waals surface area contributed by atoms with Crippen molar-refractivity contribution in [1.82, 2.24) is 4.90 Å². The molecule has 9 nitrogen and oxygen atoms in total. The van der Waals surface area contributed by atoms with Gasteiger partial charge in [-0.3, -0.25) is 29.4 Å². The van der Waals surface area contributed by atoms with Gasteiger partial charge in [0.2, 0.25) is 17.6 Å². The monoisotopic (exact) mass is 426 g/mol. The number of Topliss-reactive ketones (excluding diaryl/α,β-unsaturated/α-hetero) is 1. The minimum atomic E-state index is -1.12. The molecule has 31 heavy (non-hydrogen) atoms. The minimum Gasteiger partial charge on any atom is -0.456 e. The van der Waals surface area contributed by atoms with Crippen LogP contribution in [0.5, 0.6) is 0 Å². The van der Waals surface area contributed by atoms with Crippen molar-refractivity contribution in [2.24, 2.45) is 29.6 Å². The number of nitrogens with zero attached hydrogens (tertiary/aromatic N) is 2. The first kappa shape index (κ1) is 20.9. The number of amides is 2. The van der Waals surface area contributed by atoms with E-state index < -0.39 is 47.1 Å². The quantitative estimate of drug-likeness (QED) is 0.163. The van der Waals surface area contributed by atoms with Crippen molar-refractivity contribution in [3.05, 3.63) is 52.1 Å². The van der Waals surface area contributed by atoms with Crippen LogP contribution >= 0.6 is 0 Å². The number of rotatable bonds is 7. The molecule has 4 rings (SSSR count). The van der Waals surface area contributed by atoms with E-state index in [2.05, 4.69) is 0 Å². The molecule has 1 heterocycles. The maximum Gasteiger partial charge on any atom is 0.330 e. The van der Waals surface area contributed by atoms with Gasteiger partial charge in [0.25, 0.3) is 5.69 Å². The molecular formula is C22H22N2O7. The fraction of sp³-hybridized carbons (Fsp3) is 0.455. The molecule has 1 aromatic carbocycles. The molecule has 0 unspecified atom stereocenters. The lowest BCUT2D eigenvalue weighted by molar-refractivity contribution is -0.384. The van der Waals surface area contributed by atoms with Gasteiger partial charge in [-0.1, -0.05) is 38.1 Å². The SMILES string of the molecule is CC(C)[C@H](C(=O)OCC(=O)c1cccc([N+](=O)[O-])c1)N1C(=O)[C@@H]2[C@@H](C1=O)[C@H]1C=C[C@H]2C1. The van der Waals surface area contributed by atoms with E-state index in [4.69, 9.17) is 4.74 Å². The Labute approximate surface area is 178 Å². The van der Waals surface area contributed by atoms with E-state index in [1.165, 1.54) is 18.2 Å². The molecule has 3 aliphatic rings. The van der Waals surface area contributed by atoms with Gasteiger partial charge in [0.1, 0.15) is 6.04 Å². The molecule has 1 aliphatic heterocycles. The lowest BCUT2D eigenvalue weighted by Crippen LogP contribution is -2.50. The first-order chi connectivity index (χ1) is 14.7. The molecule has 1 aromatic rings. The highest BCUT2D eigenvalue weighted by molar-refractivity contribution is 6.09. The molecule has 0 aromatic heterocycles. The van der Waals surface area contributed by atoms with E-state index in [1.807, 2.05) is 12.2 Å². The summed E-state index contributed by atoms with van der Waals surface area (Å²) in [4.78, 5) is 62.5. The van der Waals surface area contributed by atoms with Gasteiger partial charge in [-0.2, -0.15) is 0 Å². The second-order valence-electron chi connectivity index (χ2n) is 8.57. The molecular weight excluding hydrogens is 404 g/mol. The third-order valence-electron chi connectivity index (χ3n) is 6.38. The normalized spacial score (nSPS) is 27.0. The van der Waals surface area contributed by atoms with Crippen molar-refractivity contribution >= 4 is 29.3 Å². The van der Waals surface area contributed by atoms with Crippen LogP contribution in [0.2, 0.25) is 0 Å². The Balaban J connectivity index is 1.47. The van der Waals surface area contributed by atoms with Crippen LogP contribution in [0, 0.1) is 39.7 Å². The number of non-ortho nitro benzene ring substituents is 1. The predicted octanol–water partition coefficient (Wildman–Crippen LogP) is 2.15. The first-order valence-corrected chi connectivity index (χ1v) is 10.2. The summed E-state index contributed by atoms with van der Waals surface area (Å²) in [5.41, 5.74) is -0.214. The summed E-state index contributed by atoms with van der Waals surface area (Å²) in [7, 11) is 0. The molecule has 0 spiro atoms. The van der Waals surface area contributed by atoms with Crippen molar-refractivity contribution in [2.45, 2.75) is 26.3 Å². The number of ether oxygens (including phenoxy) is 1. The number of carbonyl (C=O) groups excluding carboxylic acids is 4. The Hall–Kier alpha value is -3.36. The predicted molar refractivity (Wildman–Crippen MR) is 107 cm³/mol. The second kappa shape index (κ2) is 7.72. The fourth-order valence-electron chi connectivity index (χ4n) is 4.97. The number of hydrogen-bond acceptors (Lipinski definition) is 7. The van der Waals surface area contributed by atoms with E-state index in [-0.39, 0.29) is 34.9 Å². The van der Waals surface area contributed by atoms with E-state index in [9.17, 15) is 29.3 Å². The summed E-state index contributed by atoms with van der Waals surface area (Å²) in [5, 5.41) is 10.9. The lowest BCUT2D eigenvalue weighted by Gasteiger charge is -2.28. The number of nitro groups is 1. The summed E-state index contributed by atoms with van der Waals surface area (Å²) >= 11 is 0. The average Bonchev–Trinajstić information content (AvgIpc) is 3.42. The van der Waals surface area contributed by atoms with Crippen LogP contribution in [0.3, 0.4) is 0 Å². The highest BCUT2D eigenvalue weighted by Gasteiger charge is 2.61. The minimum absolute atomic E-state index is 0.0238. The van der Waals surface area contributed by atoms with Crippen LogP contribution in [-0.4, -0.2) is 46.0 Å².